The van der Waals surface area contributed by atoms with E-state index in [0.29, 0.717) is 19.3 Å². The molecule has 0 spiro atoms. The number of hydrogen-bond donors (Lipinski definition) is 0. The zero-order valence-electron chi connectivity index (χ0n) is 43.2. The van der Waals surface area contributed by atoms with Crippen molar-refractivity contribution in [2.75, 3.05) is 13.2 Å². The summed E-state index contributed by atoms with van der Waals surface area (Å²) in [5.41, 5.74) is 0. The molecule has 0 saturated carbocycles. The highest BCUT2D eigenvalue weighted by Crippen LogP contribution is 2.14. The van der Waals surface area contributed by atoms with Crippen LogP contribution in [-0.4, -0.2) is 37.2 Å². The highest BCUT2D eigenvalue weighted by Gasteiger charge is 2.19. The van der Waals surface area contributed by atoms with Gasteiger partial charge in [-0.05, 0) is 89.9 Å². The minimum absolute atomic E-state index is 0.112. The molecule has 0 aliphatic heterocycles. The minimum atomic E-state index is -0.823. The van der Waals surface area contributed by atoms with Crippen LogP contribution in [0, 0.1) is 0 Å². The Morgan fingerprint density at radius 2 is 0.561 bits per heavy atom. The van der Waals surface area contributed by atoms with Crippen LogP contribution in [-0.2, 0) is 28.6 Å². The minimum Gasteiger partial charge on any atom is -0.462 e. The summed E-state index contributed by atoms with van der Waals surface area (Å²) in [5, 5.41) is 0. The highest BCUT2D eigenvalue weighted by molar-refractivity contribution is 5.71. The Morgan fingerprint density at radius 3 is 0.939 bits per heavy atom. The van der Waals surface area contributed by atoms with Crippen molar-refractivity contribution in [1.82, 2.24) is 0 Å². The molecule has 6 heteroatoms. The summed E-state index contributed by atoms with van der Waals surface area (Å²) in [5.74, 6) is -1.02. The molecule has 66 heavy (non-hydrogen) atoms. The van der Waals surface area contributed by atoms with Crippen molar-refractivity contribution in [2.24, 2.45) is 0 Å². The molecule has 0 aliphatic carbocycles. The fraction of sp³-hybridized carbons (Fsp3) is 0.717. The van der Waals surface area contributed by atoms with Crippen LogP contribution in [0.4, 0.5) is 0 Å². The summed E-state index contributed by atoms with van der Waals surface area (Å²) in [4.78, 5) is 38.0. The Labute approximate surface area is 407 Å². The first-order chi connectivity index (χ1) is 32.5. The predicted molar refractivity (Wildman–Crippen MR) is 284 cm³/mol. The second-order valence-electron chi connectivity index (χ2n) is 18.1. The number of hydrogen-bond acceptors (Lipinski definition) is 6. The Hall–Kier alpha value is -3.41. The van der Waals surface area contributed by atoms with Gasteiger partial charge in [-0.25, -0.2) is 0 Å². The predicted octanol–water partition coefficient (Wildman–Crippen LogP) is 18.4. The molecular weight excluding hydrogens is 817 g/mol. The van der Waals surface area contributed by atoms with Crippen molar-refractivity contribution < 1.29 is 28.6 Å². The van der Waals surface area contributed by atoms with Gasteiger partial charge in [0.2, 0.25) is 0 Å². The molecule has 0 rings (SSSR count). The van der Waals surface area contributed by atoms with Crippen molar-refractivity contribution in [1.29, 1.82) is 0 Å². The molecule has 0 bridgehead atoms. The number of esters is 3. The number of unbranched alkanes of at least 4 members (excludes halogenated alkanes) is 24. The first-order valence-electron chi connectivity index (χ1n) is 27.6. The van der Waals surface area contributed by atoms with Gasteiger partial charge in [-0.15, -0.1) is 0 Å². The van der Waals surface area contributed by atoms with Crippen LogP contribution in [0.2, 0.25) is 0 Å². The molecule has 0 radical (unpaired) electrons. The van der Waals surface area contributed by atoms with Crippen molar-refractivity contribution in [3.05, 3.63) is 85.1 Å². The fourth-order valence-electron chi connectivity index (χ4n) is 7.45. The van der Waals surface area contributed by atoms with Crippen molar-refractivity contribution in [3.8, 4) is 0 Å². The first kappa shape index (κ1) is 62.6. The molecule has 0 heterocycles. The summed E-state index contributed by atoms with van der Waals surface area (Å²) >= 11 is 0. The number of carbonyl (C=O) groups excluding carboxylic acids is 3. The highest BCUT2D eigenvalue weighted by atomic mass is 16.6. The average Bonchev–Trinajstić information content (AvgIpc) is 3.31. The maximum absolute atomic E-state index is 12.8. The molecule has 1 atom stereocenters. The molecule has 0 saturated heterocycles. The normalized spacial score (nSPS) is 12.7. The van der Waals surface area contributed by atoms with Gasteiger partial charge >= 0.3 is 17.9 Å². The molecule has 0 aromatic carbocycles. The zero-order chi connectivity index (χ0) is 47.9. The molecule has 378 valence electrons. The van der Waals surface area contributed by atoms with Gasteiger partial charge in [0, 0.05) is 19.3 Å². The molecular formula is C60H102O6. The average molecular weight is 919 g/mol. The maximum atomic E-state index is 12.8. The lowest BCUT2D eigenvalue weighted by atomic mass is 10.0. The quantitative estimate of drug-likeness (QED) is 0.0262. The number of ether oxygens (including phenoxy) is 3. The number of rotatable bonds is 49. The molecule has 0 aromatic heterocycles. The summed E-state index contributed by atoms with van der Waals surface area (Å²) in [6.45, 7) is 6.52. The molecule has 0 aliphatic rings. The van der Waals surface area contributed by atoms with E-state index in [1.54, 1.807) is 0 Å². The van der Waals surface area contributed by atoms with E-state index in [1.807, 2.05) is 0 Å². The van der Waals surface area contributed by atoms with Crippen LogP contribution < -0.4 is 0 Å². The van der Waals surface area contributed by atoms with Gasteiger partial charge < -0.3 is 14.2 Å². The Kier molecular flexibility index (Phi) is 51.4. The lowest BCUT2D eigenvalue weighted by molar-refractivity contribution is -0.167. The van der Waals surface area contributed by atoms with Gasteiger partial charge in [-0.2, -0.15) is 0 Å². The second kappa shape index (κ2) is 54.2. The lowest BCUT2D eigenvalue weighted by Crippen LogP contribution is -2.30. The van der Waals surface area contributed by atoms with E-state index >= 15 is 0 Å². The Morgan fingerprint density at radius 1 is 0.303 bits per heavy atom. The van der Waals surface area contributed by atoms with Crippen LogP contribution in [0.3, 0.4) is 0 Å². The van der Waals surface area contributed by atoms with E-state index in [0.717, 1.165) is 64.2 Å². The van der Waals surface area contributed by atoms with Gasteiger partial charge in [-0.1, -0.05) is 234 Å². The summed E-state index contributed by atoms with van der Waals surface area (Å²) < 4.78 is 16.7. The van der Waals surface area contributed by atoms with Crippen molar-refractivity contribution in [2.45, 2.75) is 264 Å². The largest absolute Gasteiger partial charge is 0.462 e. The third kappa shape index (κ3) is 51.6. The summed E-state index contributed by atoms with van der Waals surface area (Å²) in [6, 6.07) is 0. The van der Waals surface area contributed by atoms with Gasteiger partial charge in [0.15, 0.2) is 6.10 Å². The van der Waals surface area contributed by atoms with E-state index in [4.69, 9.17) is 14.2 Å². The van der Waals surface area contributed by atoms with Crippen LogP contribution in [0.1, 0.15) is 258 Å². The van der Waals surface area contributed by atoms with Crippen LogP contribution in [0.25, 0.3) is 0 Å². The first-order valence-corrected chi connectivity index (χ1v) is 27.6. The maximum Gasteiger partial charge on any atom is 0.306 e. The van der Waals surface area contributed by atoms with Crippen molar-refractivity contribution >= 4 is 17.9 Å². The number of carbonyl (C=O) groups is 3. The zero-order valence-corrected chi connectivity index (χ0v) is 43.2. The third-order valence-electron chi connectivity index (χ3n) is 11.6. The van der Waals surface area contributed by atoms with E-state index in [-0.39, 0.29) is 44.0 Å². The molecule has 6 nitrogen and oxygen atoms in total. The Bertz CT molecular complexity index is 1290. The SMILES string of the molecule is CCCCC/C=C\C/C=C\C/C=C\C/C=C\CCCC(=O)OCC(COC(=O)CCCCCCCCCCCCCCCC)OC(=O)CCC/C=C\C/C=C\C/C=C\CCCCCCCC. The van der Waals surface area contributed by atoms with Crippen LogP contribution in [0.15, 0.2) is 85.1 Å². The monoisotopic (exact) mass is 919 g/mol. The van der Waals surface area contributed by atoms with E-state index < -0.39 is 6.10 Å². The molecule has 1 unspecified atom stereocenters. The third-order valence-corrected chi connectivity index (χ3v) is 11.6. The molecule has 0 amide bonds. The van der Waals surface area contributed by atoms with Gasteiger partial charge in [0.1, 0.15) is 13.2 Å². The van der Waals surface area contributed by atoms with E-state index in [1.165, 1.54) is 141 Å². The fourth-order valence-corrected chi connectivity index (χ4v) is 7.45. The second-order valence-corrected chi connectivity index (χ2v) is 18.1. The summed E-state index contributed by atoms with van der Waals surface area (Å²) in [6.07, 6.45) is 70.1. The smallest absolute Gasteiger partial charge is 0.306 e. The van der Waals surface area contributed by atoms with Gasteiger partial charge in [0.05, 0.1) is 0 Å². The summed E-state index contributed by atoms with van der Waals surface area (Å²) in [7, 11) is 0. The molecule has 0 fully saturated rings. The Balaban J connectivity index is 4.54. The van der Waals surface area contributed by atoms with Crippen molar-refractivity contribution in [3.63, 3.8) is 0 Å². The molecule has 0 N–H and O–H groups in total. The van der Waals surface area contributed by atoms with Gasteiger partial charge in [0.25, 0.3) is 0 Å². The van der Waals surface area contributed by atoms with Crippen LogP contribution >= 0.6 is 0 Å². The van der Waals surface area contributed by atoms with E-state index in [9.17, 15) is 14.4 Å². The number of allylic oxidation sites excluding steroid dienone is 14. The topological polar surface area (TPSA) is 78.9 Å². The van der Waals surface area contributed by atoms with Crippen LogP contribution in [0.5, 0.6) is 0 Å². The lowest BCUT2D eigenvalue weighted by Gasteiger charge is -2.18. The standard InChI is InChI=1S/C60H102O6/c1-4-7-10-13-16-19-22-25-28-30-32-35-38-41-44-47-50-53-59(62)65-56-57(55-64-58(61)52-49-46-43-40-37-34-27-24-21-18-15-12-9-6-3)66-60(63)54-51-48-45-42-39-36-33-31-29-26-23-20-17-14-11-8-5-2/h16,19,25-26,28-29,32-33,35-36,41-42,44-45,57H,4-15,17-18,20-24,27,30-31,34,37-40,43,46-56H2,1-3H3/b19-16-,28-25-,29-26-,35-32-,36-33-,44-41-,45-42-. The molecule has 0 aromatic rings. The van der Waals surface area contributed by atoms with Gasteiger partial charge in [-0.3, -0.25) is 14.4 Å². The van der Waals surface area contributed by atoms with E-state index in [2.05, 4.69) is 106 Å².